The first-order valence-corrected chi connectivity index (χ1v) is 10.8. The predicted octanol–water partition coefficient (Wildman–Crippen LogP) is 4.41. The van der Waals surface area contributed by atoms with Crippen molar-refractivity contribution in [2.24, 2.45) is 33.6 Å². The molecule has 0 aromatic heterocycles. The van der Waals surface area contributed by atoms with Crippen molar-refractivity contribution >= 4 is 12.2 Å². The molecule has 0 amide bonds. The zero-order valence-electron chi connectivity index (χ0n) is 16.7. The van der Waals surface area contributed by atoms with Crippen LogP contribution in [-0.2, 0) is 14.3 Å². The molecule has 0 spiro atoms. The summed E-state index contributed by atoms with van der Waals surface area (Å²) in [7, 11) is 0. The molecule has 7 atom stereocenters. The number of carbonyl (C=O) groups is 1. The van der Waals surface area contributed by atoms with Crippen LogP contribution in [0.1, 0.15) is 72.1 Å². The fourth-order valence-corrected chi connectivity index (χ4v) is 7.21. The first-order valence-electron chi connectivity index (χ1n) is 10.8. The third-order valence-corrected chi connectivity index (χ3v) is 8.54. The SMILES string of the molecule is CCOC(=O)CO[C@H]1CC[C@H]2[C@@H]3CC[C@H]4N=CCC[C@]4(C)[C@H]3CC[C@]12C. The number of fused-ring (bicyclic) bond motifs is 5. The molecule has 3 saturated carbocycles. The van der Waals surface area contributed by atoms with Crippen LogP contribution in [0.3, 0.4) is 0 Å². The molecule has 1 heterocycles. The van der Waals surface area contributed by atoms with Gasteiger partial charge in [-0.3, -0.25) is 4.99 Å². The zero-order chi connectivity index (χ0) is 18.4. The molecule has 4 aliphatic rings. The number of carbonyl (C=O) groups excluding carboxylic acids is 1. The number of nitrogens with zero attached hydrogens (tertiary/aromatic N) is 1. The van der Waals surface area contributed by atoms with Crippen molar-refractivity contribution in [2.75, 3.05) is 13.2 Å². The molecule has 0 N–H and O–H groups in total. The molecule has 26 heavy (non-hydrogen) atoms. The predicted molar refractivity (Wildman–Crippen MR) is 102 cm³/mol. The average molecular weight is 362 g/mol. The first kappa shape index (κ1) is 18.5. The molecule has 0 saturated heterocycles. The highest BCUT2D eigenvalue weighted by Crippen LogP contribution is 2.64. The van der Waals surface area contributed by atoms with Gasteiger partial charge in [-0.2, -0.15) is 0 Å². The van der Waals surface area contributed by atoms with Crippen molar-refractivity contribution < 1.29 is 14.3 Å². The third-order valence-electron chi connectivity index (χ3n) is 8.54. The van der Waals surface area contributed by atoms with E-state index in [1.54, 1.807) is 0 Å². The van der Waals surface area contributed by atoms with Crippen LogP contribution < -0.4 is 0 Å². The molecular formula is C22H35NO3. The summed E-state index contributed by atoms with van der Waals surface area (Å²) >= 11 is 0. The maximum Gasteiger partial charge on any atom is 0.332 e. The van der Waals surface area contributed by atoms with Crippen LogP contribution in [0.4, 0.5) is 0 Å². The van der Waals surface area contributed by atoms with Gasteiger partial charge in [0.05, 0.1) is 18.8 Å². The van der Waals surface area contributed by atoms with E-state index in [4.69, 9.17) is 14.5 Å². The van der Waals surface area contributed by atoms with Crippen LogP contribution in [0.2, 0.25) is 0 Å². The molecule has 4 nitrogen and oxygen atoms in total. The van der Waals surface area contributed by atoms with E-state index in [1.165, 1.54) is 38.5 Å². The highest BCUT2D eigenvalue weighted by molar-refractivity contribution is 5.70. The number of aliphatic imine (C=N–C) groups is 1. The molecule has 146 valence electrons. The molecule has 0 radical (unpaired) electrons. The minimum absolute atomic E-state index is 0.114. The van der Waals surface area contributed by atoms with E-state index >= 15 is 0 Å². The molecule has 1 aliphatic heterocycles. The molecular weight excluding hydrogens is 326 g/mol. The van der Waals surface area contributed by atoms with Gasteiger partial charge in [0.25, 0.3) is 0 Å². The Morgan fingerprint density at radius 1 is 1.08 bits per heavy atom. The first-order chi connectivity index (χ1) is 12.5. The van der Waals surface area contributed by atoms with Gasteiger partial charge in [0.1, 0.15) is 6.61 Å². The molecule has 0 aromatic carbocycles. The second-order valence-electron chi connectivity index (χ2n) is 9.57. The number of esters is 1. The number of hydrogen-bond acceptors (Lipinski definition) is 4. The normalized spacial score (nSPS) is 47.0. The highest BCUT2D eigenvalue weighted by Gasteiger charge is 2.60. The lowest BCUT2D eigenvalue weighted by atomic mass is 9.48. The summed E-state index contributed by atoms with van der Waals surface area (Å²) < 4.78 is 11.2. The summed E-state index contributed by atoms with van der Waals surface area (Å²) in [5.74, 6) is 2.17. The van der Waals surface area contributed by atoms with Gasteiger partial charge in [-0.05, 0) is 93.1 Å². The van der Waals surface area contributed by atoms with Crippen LogP contribution in [0, 0.1) is 28.6 Å². The summed E-state index contributed by atoms with van der Waals surface area (Å²) in [4.78, 5) is 16.6. The summed E-state index contributed by atoms with van der Waals surface area (Å²) in [6, 6.07) is 0.555. The van der Waals surface area contributed by atoms with E-state index in [1.807, 2.05) is 6.92 Å². The lowest BCUT2D eigenvalue weighted by Crippen LogP contribution is -2.54. The van der Waals surface area contributed by atoms with Gasteiger partial charge in [0.2, 0.25) is 0 Å². The quantitative estimate of drug-likeness (QED) is 0.697. The Morgan fingerprint density at radius 2 is 1.88 bits per heavy atom. The van der Waals surface area contributed by atoms with E-state index in [0.717, 1.165) is 30.6 Å². The van der Waals surface area contributed by atoms with Crippen LogP contribution in [-0.4, -0.2) is 37.5 Å². The van der Waals surface area contributed by atoms with Crippen molar-refractivity contribution in [1.82, 2.24) is 0 Å². The molecule has 4 heteroatoms. The van der Waals surface area contributed by atoms with Crippen molar-refractivity contribution in [3.63, 3.8) is 0 Å². The van der Waals surface area contributed by atoms with Crippen molar-refractivity contribution in [2.45, 2.75) is 84.3 Å². The maximum atomic E-state index is 11.7. The lowest BCUT2D eigenvalue weighted by Gasteiger charge is -2.58. The van der Waals surface area contributed by atoms with Crippen molar-refractivity contribution in [1.29, 1.82) is 0 Å². The smallest absolute Gasteiger partial charge is 0.332 e. The Bertz CT molecular complexity index is 576. The second-order valence-corrected chi connectivity index (χ2v) is 9.57. The van der Waals surface area contributed by atoms with Crippen molar-refractivity contribution in [3.8, 4) is 0 Å². The number of rotatable bonds is 4. The van der Waals surface area contributed by atoms with Crippen LogP contribution >= 0.6 is 0 Å². The number of hydrogen-bond donors (Lipinski definition) is 0. The van der Waals surface area contributed by atoms with E-state index < -0.39 is 0 Å². The van der Waals surface area contributed by atoms with Gasteiger partial charge < -0.3 is 9.47 Å². The van der Waals surface area contributed by atoms with Gasteiger partial charge in [-0.25, -0.2) is 4.79 Å². The fourth-order valence-electron chi connectivity index (χ4n) is 7.21. The minimum Gasteiger partial charge on any atom is -0.464 e. The molecule has 3 aliphatic carbocycles. The van der Waals surface area contributed by atoms with Crippen LogP contribution in [0.5, 0.6) is 0 Å². The Morgan fingerprint density at radius 3 is 2.69 bits per heavy atom. The van der Waals surface area contributed by atoms with Gasteiger partial charge in [0.15, 0.2) is 0 Å². The van der Waals surface area contributed by atoms with Gasteiger partial charge in [0, 0.05) is 0 Å². The standard InChI is InChI=1S/C22H35NO3/c1-4-25-20(24)14-26-19-9-7-16-15-6-8-18-21(2,11-5-13-23-18)17(15)10-12-22(16,19)3/h13,15-19H,4-12,14H2,1-3H3/t15-,16-,17-,18+,19-,21+,22-/m0/s1. The summed E-state index contributed by atoms with van der Waals surface area (Å²) in [5.41, 5.74) is 0.637. The summed E-state index contributed by atoms with van der Waals surface area (Å²) in [6.45, 7) is 7.35. The van der Waals surface area contributed by atoms with E-state index in [9.17, 15) is 4.79 Å². The van der Waals surface area contributed by atoms with Gasteiger partial charge in [-0.15, -0.1) is 0 Å². The Kier molecular flexibility index (Phi) is 4.92. The topological polar surface area (TPSA) is 47.9 Å². The zero-order valence-corrected chi connectivity index (χ0v) is 16.7. The lowest BCUT2D eigenvalue weighted by molar-refractivity contribution is -0.156. The Balaban J connectivity index is 1.48. The maximum absolute atomic E-state index is 11.7. The minimum atomic E-state index is -0.221. The molecule has 0 unspecified atom stereocenters. The Labute approximate surface area is 158 Å². The monoisotopic (exact) mass is 361 g/mol. The fraction of sp³-hybridized carbons (Fsp3) is 0.909. The van der Waals surface area contributed by atoms with Crippen LogP contribution in [0.25, 0.3) is 0 Å². The third kappa shape index (κ3) is 2.83. The van der Waals surface area contributed by atoms with Gasteiger partial charge in [-0.1, -0.05) is 13.8 Å². The summed E-state index contributed by atoms with van der Waals surface area (Å²) in [5, 5.41) is 0. The van der Waals surface area contributed by atoms with E-state index in [0.29, 0.717) is 18.1 Å². The van der Waals surface area contributed by atoms with Gasteiger partial charge >= 0.3 is 5.97 Å². The second kappa shape index (κ2) is 6.92. The van der Waals surface area contributed by atoms with Crippen molar-refractivity contribution in [3.05, 3.63) is 0 Å². The average Bonchev–Trinajstić information content (AvgIpc) is 2.96. The largest absolute Gasteiger partial charge is 0.464 e. The Hall–Kier alpha value is -0.900. The number of ether oxygens (including phenoxy) is 2. The highest BCUT2D eigenvalue weighted by atomic mass is 16.6. The van der Waals surface area contributed by atoms with Crippen LogP contribution in [0.15, 0.2) is 4.99 Å². The molecule has 4 rings (SSSR count). The molecule has 0 aromatic rings. The summed E-state index contributed by atoms with van der Waals surface area (Å²) in [6.07, 6.45) is 12.3. The molecule has 3 fully saturated rings. The van der Waals surface area contributed by atoms with E-state index in [2.05, 4.69) is 20.1 Å². The van der Waals surface area contributed by atoms with E-state index in [-0.39, 0.29) is 24.1 Å². The molecule has 0 bridgehead atoms.